The number of ether oxygens (including phenoxy) is 3. The molecule has 0 N–H and O–H groups in total. The van der Waals surface area contributed by atoms with Crippen molar-refractivity contribution in [3.05, 3.63) is 53.6 Å². The highest BCUT2D eigenvalue weighted by molar-refractivity contribution is 6.30. The number of carbonyl (C=O) groups is 1. The van der Waals surface area contributed by atoms with Gasteiger partial charge in [0, 0.05) is 5.02 Å². The van der Waals surface area contributed by atoms with Crippen LogP contribution in [-0.2, 0) is 4.79 Å². The molecule has 20 heavy (non-hydrogen) atoms. The van der Waals surface area contributed by atoms with E-state index in [2.05, 4.69) is 0 Å². The fraction of sp³-hybridized carbons (Fsp3) is 0.133. The maximum atomic E-state index is 12.0. The Morgan fingerprint density at radius 1 is 1.10 bits per heavy atom. The van der Waals surface area contributed by atoms with Crippen LogP contribution in [0.3, 0.4) is 0 Å². The number of esters is 1. The molecule has 1 heterocycles. The van der Waals surface area contributed by atoms with Crippen molar-refractivity contribution in [3.63, 3.8) is 0 Å². The van der Waals surface area contributed by atoms with Crippen LogP contribution < -0.4 is 14.2 Å². The largest absolute Gasteiger partial charge is 0.485 e. The summed E-state index contributed by atoms with van der Waals surface area (Å²) in [7, 11) is 0. The van der Waals surface area contributed by atoms with Crippen molar-refractivity contribution in [2.75, 3.05) is 6.61 Å². The van der Waals surface area contributed by atoms with Crippen LogP contribution in [0.15, 0.2) is 48.5 Å². The molecular weight excluding hydrogens is 280 g/mol. The van der Waals surface area contributed by atoms with Gasteiger partial charge in [0.1, 0.15) is 12.4 Å². The number of benzene rings is 2. The quantitative estimate of drug-likeness (QED) is 0.630. The SMILES string of the molecule is O=C(Oc1ccc(Cl)cc1)[C@@H]1COc2ccccc2O1. The molecule has 0 spiro atoms. The number of halogens is 1. The summed E-state index contributed by atoms with van der Waals surface area (Å²) in [6.07, 6.45) is -0.777. The molecule has 1 aliphatic heterocycles. The smallest absolute Gasteiger partial charge is 0.356 e. The molecule has 3 rings (SSSR count). The fourth-order valence-electron chi connectivity index (χ4n) is 1.82. The fourth-order valence-corrected chi connectivity index (χ4v) is 1.95. The minimum absolute atomic E-state index is 0.128. The molecule has 0 radical (unpaired) electrons. The predicted octanol–water partition coefficient (Wildman–Crippen LogP) is 3.09. The average Bonchev–Trinajstić information content (AvgIpc) is 2.49. The minimum Gasteiger partial charge on any atom is -0.485 e. The molecule has 0 aromatic heterocycles. The first-order valence-electron chi connectivity index (χ1n) is 6.08. The van der Waals surface area contributed by atoms with E-state index < -0.39 is 12.1 Å². The maximum absolute atomic E-state index is 12.0. The van der Waals surface area contributed by atoms with E-state index in [4.69, 9.17) is 25.8 Å². The Morgan fingerprint density at radius 2 is 1.80 bits per heavy atom. The maximum Gasteiger partial charge on any atom is 0.356 e. The van der Waals surface area contributed by atoms with E-state index in [1.54, 1.807) is 36.4 Å². The lowest BCUT2D eigenvalue weighted by Gasteiger charge is -2.24. The van der Waals surface area contributed by atoms with Gasteiger partial charge in [-0.05, 0) is 36.4 Å². The summed E-state index contributed by atoms with van der Waals surface area (Å²) in [5.41, 5.74) is 0. The zero-order chi connectivity index (χ0) is 13.9. The van der Waals surface area contributed by atoms with Crippen LogP contribution in [0.1, 0.15) is 0 Å². The highest BCUT2D eigenvalue weighted by Gasteiger charge is 2.29. The van der Waals surface area contributed by atoms with E-state index in [9.17, 15) is 4.79 Å². The van der Waals surface area contributed by atoms with Gasteiger partial charge in [0.2, 0.25) is 6.10 Å². The Kier molecular flexibility index (Phi) is 3.48. The van der Waals surface area contributed by atoms with Gasteiger partial charge in [-0.25, -0.2) is 4.79 Å². The van der Waals surface area contributed by atoms with Crippen molar-refractivity contribution in [2.24, 2.45) is 0 Å². The van der Waals surface area contributed by atoms with Gasteiger partial charge in [-0.15, -0.1) is 0 Å². The van der Waals surface area contributed by atoms with E-state index in [0.717, 1.165) is 0 Å². The second kappa shape index (κ2) is 5.43. The van der Waals surface area contributed by atoms with Gasteiger partial charge in [-0.1, -0.05) is 23.7 Å². The summed E-state index contributed by atoms with van der Waals surface area (Å²) in [6.45, 7) is 0.128. The van der Waals surface area contributed by atoms with Gasteiger partial charge in [0.05, 0.1) is 0 Å². The Bertz CT molecular complexity index is 624. The molecule has 0 aliphatic carbocycles. The molecule has 0 unspecified atom stereocenters. The first-order chi connectivity index (χ1) is 9.72. The zero-order valence-corrected chi connectivity index (χ0v) is 11.2. The van der Waals surface area contributed by atoms with Gasteiger partial charge >= 0.3 is 5.97 Å². The van der Waals surface area contributed by atoms with Crippen LogP contribution in [0.5, 0.6) is 17.2 Å². The average molecular weight is 291 g/mol. The molecule has 102 valence electrons. The Hall–Kier alpha value is -2.20. The molecular formula is C15H11ClO4. The third-order valence-corrected chi connectivity index (χ3v) is 3.06. The van der Waals surface area contributed by atoms with E-state index in [0.29, 0.717) is 22.3 Å². The summed E-state index contributed by atoms with van der Waals surface area (Å²) >= 11 is 5.77. The Morgan fingerprint density at radius 3 is 2.55 bits per heavy atom. The summed E-state index contributed by atoms with van der Waals surface area (Å²) in [4.78, 5) is 12.0. The van der Waals surface area contributed by atoms with Crippen molar-refractivity contribution in [1.29, 1.82) is 0 Å². The second-order valence-electron chi connectivity index (χ2n) is 4.24. The van der Waals surface area contributed by atoms with Gasteiger partial charge in [0.25, 0.3) is 0 Å². The Labute approximate surface area is 120 Å². The van der Waals surface area contributed by atoms with E-state index in [1.165, 1.54) is 0 Å². The molecule has 2 aromatic rings. The molecule has 0 amide bonds. The lowest BCUT2D eigenvalue weighted by Crippen LogP contribution is -2.39. The standard InChI is InChI=1S/C15H11ClO4/c16-10-5-7-11(8-6-10)19-15(17)14-9-18-12-3-1-2-4-13(12)20-14/h1-8,14H,9H2/t14-/m0/s1. The van der Waals surface area contributed by atoms with E-state index in [1.807, 2.05) is 12.1 Å². The summed E-state index contributed by atoms with van der Waals surface area (Å²) in [5.74, 6) is 1.09. The van der Waals surface area contributed by atoms with Crippen LogP contribution in [0.4, 0.5) is 0 Å². The van der Waals surface area contributed by atoms with Crippen LogP contribution in [-0.4, -0.2) is 18.7 Å². The van der Waals surface area contributed by atoms with Gasteiger partial charge in [-0.3, -0.25) is 0 Å². The number of rotatable bonds is 2. The van der Waals surface area contributed by atoms with Crippen LogP contribution in [0.2, 0.25) is 5.02 Å². The summed E-state index contributed by atoms with van der Waals surface area (Å²) in [5, 5.41) is 0.580. The minimum atomic E-state index is -0.777. The number of hydrogen-bond acceptors (Lipinski definition) is 4. The molecule has 0 saturated carbocycles. The molecule has 4 nitrogen and oxygen atoms in total. The van der Waals surface area contributed by atoms with Crippen LogP contribution >= 0.6 is 11.6 Å². The summed E-state index contributed by atoms with van der Waals surface area (Å²) in [6, 6.07) is 13.7. The molecule has 5 heteroatoms. The molecule has 0 saturated heterocycles. The van der Waals surface area contributed by atoms with Gasteiger partial charge in [0.15, 0.2) is 11.5 Å². The molecule has 1 atom stereocenters. The summed E-state index contributed by atoms with van der Waals surface area (Å²) < 4.78 is 16.3. The number of fused-ring (bicyclic) bond motifs is 1. The highest BCUT2D eigenvalue weighted by atomic mass is 35.5. The van der Waals surface area contributed by atoms with E-state index in [-0.39, 0.29) is 6.61 Å². The number of carbonyl (C=O) groups excluding carboxylic acids is 1. The normalized spacial score (nSPS) is 16.6. The Balaban J connectivity index is 1.68. The third-order valence-electron chi connectivity index (χ3n) is 2.80. The highest BCUT2D eigenvalue weighted by Crippen LogP contribution is 2.31. The zero-order valence-electron chi connectivity index (χ0n) is 10.4. The van der Waals surface area contributed by atoms with Crippen LogP contribution in [0, 0.1) is 0 Å². The van der Waals surface area contributed by atoms with Crippen molar-refractivity contribution in [3.8, 4) is 17.2 Å². The number of para-hydroxylation sites is 2. The molecule has 2 aromatic carbocycles. The van der Waals surface area contributed by atoms with E-state index >= 15 is 0 Å². The third kappa shape index (κ3) is 2.70. The van der Waals surface area contributed by atoms with Crippen LogP contribution in [0.25, 0.3) is 0 Å². The van der Waals surface area contributed by atoms with Crippen molar-refractivity contribution in [1.82, 2.24) is 0 Å². The first-order valence-corrected chi connectivity index (χ1v) is 6.46. The van der Waals surface area contributed by atoms with Crippen molar-refractivity contribution >= 4 is 17.6 Å². The first kappa shape index (κ1) is 12.8. The van der Waals surface area contributed by atoms with Gasteiger partial charge < -0.3 is 14.2 Å². The number of hydrogen-bond donors (Lipinski definition) is 0. The van der Waals surface area contributed by atoms with Gasteiger partial charge in [-0.2, -0.15) is 0 Å². The second-order valence-corrected chi connectivity index (χ2v) is 4.68. The monoisotopic (exact) mass is 290 g/mol. The van der Waals surface area contributed by atoms with Crippen molar-refractivity contribution < 1.29 is 19.0 Å². The lowest BCUT2D eigenvalue weighted by molar-refractivity contribution is -0.144. The van der Waals surface area contributed by atoms with Crippen molar-refractivity contribution in [2.45, 2.75) is 6.10 Å². The molecule has 1 aliphatic rings. The topological polar surface area (TPSA) is 44.8 Å². The molecule has 0 bridgehead atoms. The molecule has 0 fully saturated rings. The predicted molar refractivity (Wildman–Crippen MR) is 73.4 cm³/mol. The lowest BCUT2D eigenvalue weighted by atomic mass is 10.2.